The predicted molar refractivity (Wildman–Crippen MR) is 70.8 cm³/mol. The molecule has 0 radical (unpaired) electrons. The quantitative estimate of drug-likeness (QED) is 0.623. The molecule has 0 atom stereocenters. The highest BCUT2D eigenvalue weighted by Gasteiger charge is 2.01. The summed E-state index contributed by atoms with van der Waals surface area (Å²) in [6, 6.07) is 13.3. The standard InChI is InChI=1S/C12H10Cl2N2/c13-11-7-9(3-6-12(11)15)8-1-4-10(16-14)5-2-8/h1-7,16H,15H2. The second kappa shape index (κ2) is 4.64. The van der Waals surface area contributed by atoms with Crippen LogP contribution in [0.3, 0.4) is 0 Å². The van der Waals surface area contributed by atoms with E-state index in [1.807, 2.05) is 36.4 Å². The van der Waals surface area contributed by atoms with Crippen molar-refractivity contribution in [2.24, 2.45) is 0 Å². The number of benzene rings is 2. The number of nitrogens with one attached hydrogen (secondary N) is 1. The van der Waals surface area contributed by atoms with Crippen LogP contribution in [0, 0.1) is 0 Å². The molecule has 0 fully saturated rings. The maximum absolute atomic E-state index is 5.96. The molecule has 0 aromatic heterocycles. The summed E-state index contributed by atoms with van der Waals surface area (Å²) in [4.78, 5) is 2.55. The highest BCUT2D eigenvalue weighted by atomic mass is 35.5. The van der Waals surface area contributed by atoms with Crippen LogP contribution in [0.15, 0.2) is 42.5 Å². The van der Waals surface area contributed by atoms with E-state index in [4.69, 9.17) is 29.1 Å². The summed E-state index contributed by atoms with van der Waals surface area (Å²) in [5, 5.41) is 0.567. The number of nitrogens with two attached hydrogens (primary N) is 1. The van der Waals surface area contributed by atoms with Crippen molar-refractivity contribution in [3.63, 3.8) is 0 Å². The van der Waals surface area contributed by atoms with Crippen molar-refractivity contribution in [3.05, 3.63) is 47.5 Å². The zero-order chi connectivity index (χ0) is 11.5. The zero-order valence-corrected chi connectivity index (χ0v) is 9.89. The van der Waals surface area contributed by atoms with Crippen LogP contribution in [0.4, 0.5) is 11.4 Å². The number of hydrogen-bond donors (Lipinski definition) is 2. The molecule has 3 N–H and O–H groups in total. The summed E-state index contributed by atoms with van der Waals surface area (Å²) in [7, 11) is 0. The van der Waals surface area contributed by atoms with E-state index in [0.717, 1.165) is 16.8 Å². The van der Waals surface area contributed by atoms with Crippen molar-refractivity contribution in [3.8, 4) is 11.1 Å². The van der Waals surface area contributed by atoms with Gasteiger partial charge in [0.2, 0.25) is 0 Å². The number of rotatable bonds is 2. The van der Waals surface area contributed by atoms with Gasteiger partial charge < -0.3 is 5.73 Å². The molecule has 0 amide bonds. The molecule has 0 aliphatic carbocycles. The van der Waals surface area contributed by atoms with Crippen LogP contribution >= 0.6 is 23.4 Å². The van der Waals surface area contributed by atoms with E-state index in [2.05, 4.69) is 4.84 Å². The zero-order valence-electron chi connectivity index (χ0n) is 8.37. The molecule has 4 heteroatoms. The Morgan fingerprint density at radius 1 is 0.938 bits per heavy atom. The smallest absolute Gasteiger partial charge is 0.0641 e. The predicted octanol–water partition coefficient (Wildman–Crippen LogP) is 4.15. The highest BCUT2D eigenvalue weighted by Crippen LogP contribution is 2.27. The van der Waals surface area contributed by atoms with Gasteiger partial charge >= 0.3 is 0 Å². The van der Waals surface area contributed by atoms with Gasteiger partial charge in [-0.2, -0.15) is 0 Å². The molecule has 0 heterocycles. The summed E-state index contributed by atoms with van der Waals surface area (Å²) in [5.74, 6) is 0. The van der Waals surface area contributed by atoms with E-state index >= 15 is 0 Å². The molecule has 2 aromatic rings. The molecule has 0 aliphatic heterocycles. The first kappa shape index (κ1) is 11.1. The third kappa shape index (κ3) is 2.23. The number of halogens is 2. The van der Waals surface area contributed by atoms with Gasteiger partial charge in [0.25, 0.3) is 0 Å². The molecule has 0 saturated carbocycles. The SMILES string of the molecule is Nc1ccc(-c2ccc(NCl)cc2)cc1Cl. The molecule has 0 bridgehead atoms. The van der Waals surface area contributed by atoms with Crippen molar-refractivity contribution in [2.75, 3.05) is 10.6 Å². The van der Waals surface area contributed by atoms with E-state index in [1.54, 1.807) is 6.07 Å². The maximum Gasteiger partial charge on any atom is 0.0641 e. The van der Waals surface area contributed by atoms with E-state index in [0.29, 0.717) is 10.7 Å². The van der Waals surface area contributed by atoms with Gasteiger partial charge in [0.05, 0.1) is 10.7 Å². The Kier molecular flexibility index (Phi) is 3.22. The Morgan fingerprint density at radius 3 is 2.12 bits per heavy atom. The fraction of sp³-hybridized carbons (Fsp3) is 0. The normalized spacial score (nSPS) is 10.1. The van der Waals surface area contributed by atoms with Crippen LogP contribution < -0.4 is 10.6 Å². The van der Waals surface area contributed by atoms with Crippen LogP contribution in [-0.2, 0) is 0 Å². The van der Waals surface area contributed by atoms with E-state index in [-0.39, 0.29) is 0 Å². The van der Waals surface area contributed by atoms with Gasteiger partial charge in [0.1, 0.15) is 0 Å². The highest BCUT2D eigenvalue weighted by molar-refractivity contribution is 6.33. The minimum atomic E-state index is 0.567. The Hall–Kier alpha value is -1.38. The lowest BCUT2D eigenvalue weighted by molar-refractivity contribution is 1.60. The molecular formula is C12H10Cl2N2. The average molecular weight is 253 g/mol. The van der Waals surface area contributed by atoms with Crippen LogP contribution in [0.5, 0.6) is 0 Å². The average Bonchev–Trinajstić information content (AvgIpc) is 2.33. The lowest BCUT2D eigenvalue weighted by Crippen LogP contribution is -1.87. The van der Waals surface area contributed by atoms with Gasteiger partial charge in [-0.3, -0.25) is 4.84 Å². The fourth-order valence-corrected chi connectivity index (χ4v) is 1.74. The number of nitrogen functional groups attached to an aromatic ring is 1. The number of anilines is 2. The Labute approximate surface area is 104 Å². The Morgan fingerprint density at radius 2 is 1.56 bits per heavy atom. The van der Waals surface area contributed by atoms with Gasteiger partial charge in [-0.15, -0.1) is 0 Å². The second-order valence-corrected chi connectivity index (χ2v) is 4.00. The minimum absolute atomic E-state index is 0.567. The van der Waals surface area contributed by atoms with Crippen molar-refractivity contribution in [2.45, 2.75) is 0 Å². The Bertz CT molecular complexity index is 495. The topological polar surface area (TPSA) is 38.0 Å². The summed E-state index contributed by atoms with van der Waals surface area (Å²) in [6.45, 7) is 0. The third-order valence-corrected chi connectivity index (χ3v) is 2.87. The molecule has 0 saturated heterocycles. The summed E-state index contributed by atoms with van der Waals surface area (Å²) >= 11 is 11.4. The largest absolute Gasteiger partial charge is 0.398 e. The first-order chi connectivity index (χ1) is 7.70. The van der Waals surface area contributed by atoms with Crippen molar-refractivity contribution in [1.29, 1.82) is 0 Å². The van der Waals surface area contributed by atoms with Gasteiger partial charge in [-0.05, 0) is 35.4 Å². The van der Waals surface area contributed by atoms with Crippen LogP contribution in [0.2, 0.25) is 5.02 Å². The first-order valence-electron chi connectivity index (χ1n) is 4.73. The van der Waals surface area contributed by atoms with E-state index in [9.17, 15) is 0 Å². The maximum atomic E-state index is 5.96. The van der Waals surface area contributed by atoms with Crippen LogP contribution in [-0.4, -0.2) is 0 Å². The molecule has 2 rings (SSSR count). The van der Waals surface area contributed by atoms with Crippen LogP contribution in [0.25, 0.3) is 11.1 Å². The van der Waals surface area contributed by atoms with Gasteiger partial charge in [-0.1, -0.05) is 29.8 Å². The summed E-state index contributed by atoms with van der Waals surface area (Å²) in [6.07, 6.45) is 0. The molecule has 16 heavy (non-hydrogen) atoms. The second-order valence-electron chi connectivity index (χ2n) is 3.41. The van der Waals surface area contributed by atoms with Gasteiger partial charge in [0.15, 0.2) is 0 Å². The molecular weight excluding hydrogens is 243 g/mol. The summed E-state index contributed by atoms with van der Waals surface area (Å²) < 4.78 is 0. The van der Waals surface area contributed by atoms with Crippen molar-refractivity contribution >= 4 is 34.8 Å². The van der Waals surface area contributed by atoms with Gasteiger partial charge in [0, 0.05) is 17.5 Å². The minimum Gasteiger partial charge on any atom is -0.398 e. The number of hydrogen-bond acceptors (Lipinski definition) is 2. The Balaban J connectivity index is 2.38. The van der Waals surface area contributed by atoms with Gasteiger partial charge in [-0.25, -0.2) is 0 Å². The molecule has 2 aromatic carbocycles. The molecule has 0 unspecified atom stereocenters. The van der Waals surface area contributed by atoms with Crippen molar-refractivity contribution < 1.29 is 0 Å². The van der Waals surface area contributed by atoms with Crippen LogP contribution in [0.1, 0.15) is 0 Å². The molecule has 2 nitrogen and oxygen atoms in total. The van der Waals surface area contributed by atoms with Crippen molar-refractivity contribution in [1.82, 2.24) is 0 Å². The molecule has 0 aliphatic rings. The first-order valence-corrected chi connectivity index (χ1v) is 5.48. The lowest BCUT2D eigenvalue weighted by atomic mass is 10.1. The summed E-state index contributed by atoms with van der Waals surface area (Å²) in [5.41, 5.74) is 9.19. The lowest BCUT2D eigenvalue weighted by Gasteiger charge is -2.05. The fourth-order valence-electron chi connectivity index (χ4n) is 1.43. The monoisotopic (exact) mass is 252 g/mol. The third-order valence-electron chi connectivity index (χ3n) is 2.33. The van der Waals surface area contributed by atoms with E-state index < -0.39 is 0 Å². The van der Waals surface area contributed by atoms with E-state index in [1.165, 1.54) is 0 Å². The molecule has 0 spiro atoms. The molecule has 82 valence electrons.